The van der Waals surface area contributed by atoms with E-state index in [-0.39, 0.29) is 11.6 Å². The van der Waals surface area contributed by atoms with Crippen molar-refractivity contribution < 1.29 is 5.11 Å². The van der Waals surface area contributed by atoms with Crippen LogP contribution in [0.15, 0.2) is 0 Å². The summed E-state index contributed by atoms with van der Waals surface area (Å²) in [6.07, 6.45) is 4.21. The third-order valence-corrected chi connectivity index (χ3v) is 3.27. The van der Waals surface area contributed by atoms with Crippen LogP contribution in [0.5, 0.6) is 0 Å². The van der Waals surface area contributed by atoms with E-state index >= 15 is 0 Å². The molecular formula is C9H17NO. The molecule has 1 unspecified atom stereocenters. The largest absolute Gasteiger partial charge is 0.393 e. The van der Waals surface area contributed by atoms with E-state index in [4.69, 9.17) is 5.73 Å². The quantitative estimate of drug-likeness (QED) is 0.545. The second kappa shape index (κ2) is 2.20. The average Bonchev–Trinajstić information content (AvgIpc) is 2.17. The van der Waals surface area contributed by atoms with Crippen LogP contribution >= 0.6 is 0 Å². The zero-order valence-corrected chi connectivity index (χ0v) is 7.09. The summed E-state index contributed by atoms with van der Waals surface area (Å²) in [6, 6.07) is 0. The lowest BCUT2D eigenvalue weighted by Crippen LogP contribution is -2.33. The van der Waals surface area contributed by atoms with Crippen LogP contribution in [0.1, 0.15) is 32.6 Å². The van der Waals surface area contributed by atoms with E-state index in [1.165, 1.54) is 0 Å². The zero-order valence-electron chi connectivity index (χ0n) is 7.09. The van der Waals surface area contributed by atoms with Gasteiger partial charge in [-0.15, -0.1) is 0 Å². The summed E-state index contributed by atoms with van der Waals surface area (Å²) in [7, 11) is 0. The number of rotatable bonds is 0. The Balaban J connectivity index is 2.04. The molecule has 0 spiro atoms. The fraction of sp³-hybridized carbons (Fsp3) is 1.00. The SMILES string of the molecule is C[C@@]1(N)C[C@H]2CC(O)C[C@H]2C1. The fourth-order valence-electron chi connectivity index (χ4n) is 2.96. The van der Waals surface area contributed by atoms with Crippen molar-refractivity contribution in [2.45, 2.75) is 44.2 Å². The van der Waals surface area contributed by atoms with Gasteiger partial charge in [-0.2, -0.15) is 0 Å². The van der Waals surface area contributed by atoms with Gasteiger partial charge in [0.1, 0.15) is 0 Å². The summed E-state index contributed by atoms with van der Waals surface area (Å²) in [5.74, 6) is 1.44. The van der Waals surface area contributed by atoms with Gasteiger partial charge in [0, 0.05) is 5.54 Å². The fourth-order valence-corrected chi connectivity index (χ4v) is 2.96. The maximum absolute atomic E-state index is 9.36. The van der Waals surface area contributed by atoms with Crippen molar-refractivity contribution in [2.24, 2.45) is 17.6 Å². The van der Waals surface area contributed by atoms with Crippen LogP contribution in [-0.4, -0.2) is 16.7 Å². The molecule has 2 rings (SSSR count). The maximum Gasteiger partial charge on any atom is 0.0545 e. The zero-order chi connectivity index (χ0) is 8.06. The van der Waals surface area contributed by atoms with Gasteiger partial charge < -0.3 is 10.8 Å². The molecule has 2 fully saturated rings. The van der Waals surface area contributed by atoms with Crippen molar-refractivity contribution in [1.29, 1.82) is 0 Å². The molecule has 0 aromatic rings. The minimum Gasteiger partial charge on any atom is -0.393 e. The van der Waals surface area contributed by atoms with Crippen molar-refractivity contribution in [1.82, 2.24) is 0 Å². The molecule has 2 aliphatic rings. The highest BCUT2D eigenvalue weighted by Gasteiger charge is 2.44. The van der Waals surface area contributed by atoms with E-state index in [1.54, 1.807) is 0 Å². The van der Waals surface area contributed by atoms with Gasteiger partial charge in [0.25, 0.3) is 0 Å². The van der Waals surface area contributed by atoms with Gasteiger partial charge in [0.2, 0.25) is 0 Å². The smallest absolute Gasteiger partial charge is 0.0545 e. The monoisotopic (exact) mass is 155 g/mol. The van der Waals surface area contributed by atoms with Gasteiger partial charge >= 0.3 is 0 Å². The molecule has 0 radical (unpaired) electrons. The first-order valence-corrected chi connectivity index (χ1v) is 4.54. The molecule has 0 saturated heterocycles. The Kier molecular flexibility index (Phi) is 1.52. The normalized spacial score (nSPS) is 56.5. The first-order valence-electron chi connectivity index (χ1n) is 4.54. The van der Waals surface area contributed by atoms with Crippen LogP contribution < -0.4 is 5.73 Å². The van der Waals surface area contributed by atoms with Gasteiger partial charge in [0.15, 0.2) is 0 Å². The lowest BCUT2D eigenvalue weighted by molar-refractivity contribution is 0.167. The molecule has 0 aromatic heterocycles. The highest BCUT2D eigenvalue weighted by Crippen LogP contribution is 2.47. The minimum atomic E-state index is -0.0268. The number of hydrogen-bond acceptors (Lipinski definition) is 2. The molecule has 0 bridgehead atoms. The van der Waals surface area contributed by atoms with E-state index in [1.807, 2.05) is 0 Å². The molecule has 0 aliphatic heterocycles. The van der Waals surface area contributed by atoms with Gasteiger partial charge in [-0.3, -0.25) is 0 Å². The predicted molar refractivity (Wildman–Crippen MR) is 44.0 cm³/mol. The molecular weight excluding hydrogens is 138 g/mol. The molecule has 2 heteroatoms. The Hall–Kier alpha value is -0.0800. The number of fused-ring (bicyclic) bond motifs is 1. The Morgan fingerprint density at radius 3 is 2.18 bits per heavy atom. The molecule has 4 atom stereocenters. The molecule has 2 nitrogen and oxygen atoms in total. The first-order chi connectivity index (χ1) is 5.07. The molecule has 2 aliphatic carbocycles. The molecule has 0 amide bonds. The lowest BCUT2D eigenvalue weighted by atomic mass is 9.97. The van der Waals surface area contributed by atoms with E-state index in [0.29, 0.717) is 0 Å². The third kappa shape index (κ3) is 1.30. The second-order valence-corrected chi connectivity index (χ2v) is 4.71. The Bertz CT molecular complexity index is 151. The number of hydrogen-bond donors (Lipinski definition) is 2. The number of aliphatic hydroxyl groups excluding tert-OH is 1. The predicted octanol–water partition coefficient (Wildman–Crippen LogP) is 0.885. The summed E-state index contributed by atoms with van der Waals surface area (Å²) in [4.78, 5) is 0. The Morgan fingerprint density at radius 1 is 1.27 bits per heavy atom. The average molecular weight is 155 g/mol. The van der Waals surface area contributed by atoms with Crippen LogP contribution in [0, 0.1) is 11.8 Å². The summed E-state index contributed by atoms with van der Waals surface area (Å²) in [6.45, 7) is 2.14. The van der Waals surface area contributed by atoms with Crippen molar-refractivity contribution in [2.75, 3.05) is 0 Å². The summed E-state index contributed by atoms with van der Waals surface area (Å²) >= 11 is 0. The third-order valence-electron chi connectivity index (χ3n) is 3.27. The van der Waals surface area contributed by atoms with Crippen molar-refractivity contribution in [3.05, 3.63) is 0 Å². The summed E-state index contributed by atoms with van der Waals surface area (Å²) < 4.78 is 0. The highest BCUT2D eigenvalue weighted by atomic mass is 16.3. The Labute approximate surface area is 67.8 Å². The van der Waals surface area contributed by atoms with Crippen LogP contribution in [0.25, 0.3) is 0 Å². The van der Waals surface area contributed by atoms with Crippen LogP contribution in [0.2, 0.25) is 0 Å². The Morgan fingerprint density at radius 2 is 1.73 bits per heavy atom. The van der Waals surface area contributed by atoms with Crippen LogP contribution in [0.3, 0.4) is 0 Å². The lowest BCUT2D eigenvalue weighted by Gasteiger charge is -2.18. The highest BCUT2D eigenvalue weighted by molar-refractivity contribution is 4.99. The number of aliphatic hydroxyl groups is 1. The summed E-state index contributed by atoms with van der Waals surface area (Å²) in [5, 5.41) is 9.36. The summed E-state index contributed by atoms with van der Waals surface area (Å²) in [5.41, 5.74) is 6.10. The first kappa shape index (κ1) is 7.56. The maximum atomic E-state index is 9.36. The number of nitrogens with two attached hydrogens (primary N) is 1. The van der Waals surface area contributed by atoms with Gasteiger partial charge in [-0.1, -0.05) is 0 Å². The van der Waals surface area contributed by atoms with Gasteiger partial charge in [0.05, 0.1) is 6.10 Å². The van der Waals surface area contributed by atoms with Gasteiger partial charge in [-0.05, 0) is 44.4 Å². The van der Waals surface area contributed by atoms with Crippen molar-refractivity contribution in [3.63, 3.8) is 0 Å². The second-order valence-electron chi connectivity index (χ2n) is 4.71. The van der Waals surface area contributed by atoms with Crippen molar-refractivity contribution in [3.8, 4) is 0 Å². The molecule has 3 N–H and O–H groups in total. The standard InChI is InChI=1S/C9H17NO/c1-9(10)4-6-2-8(11)3-7(6)5-9/h6-8,11H,2-5,10H2,1H3/t6-,7+,8?,9-. The van der Waals surface area contributed by atoms with Crippen LogP contribution in [0.4, 0.5) is 0 Å². The van der Waals surface area contributed by atoms with E-state index < -0.39 is 0 Å². The van der Waals surface area contributed by atoms with Crippen LogP contribution in [-0.2, 0) is 0 Å². The minimum absolute atomic E-state index is 0.0268. The molecule has 64 valence electrons. The van der Waals surface area contributed by atoms with E-state index in [9.17, 15) is 5.11 Å². The van der Waals surface area contributed by atoms with Gasteiger partial charge in [-0.25, -0.2) is 0 Å². The van der Waals surface area contributed by atoms with Crippen molar-refractivity contribution >= 4 is 0 Å². The molecule has 0 heterocycles. The molecule has 11 heavy (non-hydrogen) atoms. The topological polar surface area (TPSA) is 46.2 Å². The van der Waals surface area contributed by atoms with E-state index in [2.05, 4.69) is 6.92 Å². The molecule has 2 saturated carbocycles. The molecule has 0 aromatic carbocycles. The van der Waals surface area contributed by atoms with E-state index in [0.717, 1.165) is 37.5 Å².